The van der Waals surface area contributed by atoms with E-state index in [4.69, 9.17) is 0 Å². The van der Waals surface area contributed by atoms with Crippen molar-refractivity contribution >= 4 is 21.6 Å². The van der Waals surface area contributed by atoms with Crippen molar-refractivity contribution in [2.75, 3.05) is 49.1 Å². The third-order valence-electron chi connectivity index (χ3n) is 6.24. The van der Waals surface area contributed by atoms with Crippen molar-refractivity contribution in [1.29, 1.82) is 0 Å². The summed E-state index contributed by atoms with van der Waals surface area (Å²) in [6.45, 7) is 8.60. The van der Waals surface area contributed by atoms with Gasteiger partial charge in [-0.15, -0.1) is 0 Å². The number of amides is 1. The van der Waals surface area contributed by atoms with Gasteiger partial charge in [0.15, 0.2) is 9.84 Å². The number of benzene rings is 1. The van der Waals surface area contributed by atoms with Gasteiger partial charge in [-0.05, 0) is 31.5 Å². The zero-order chi connectivity index (χ0) is 22.1. The molecule has 0 spiro atoms. The molecule has 0 aliphatic carbocycles. The third kappa shape index (κ3) is 5.07. The molecular weight excluding hydrogens is 412 g/mol. The molecule has 31 heavy (non-hydrogen) atoms. The molecule has 0 saturated carbocycles. The number of hydrogen-bond donors (Lipinski definition) is 0. The second kappa shape index (κ2) is 8.59. The maximum atomic E-state index is 12.7. The summed E-state index contributed by atoms with van der Waals surface area (Å²) >= 11 is 0. The van der Waals surface area contributed by atoms with Crippen LogP contribution in [0, 0.1) is 0 Å². The zero-order valence-corrected chi connectivity index (χ0v) is 19.0. The number of sulfone groups is 1. The van der Waals surface area contributed by atoms with Crippen molar-refractivity contribution in [3.05, 3.63) is 59.8 Å². The lowest BCUT2D eigenvalue weighted by Crippen LogP contribution is -2.59. The van der Waals surface area contributed by atoms with Crippen molar-refractivity contribution < 1.29 is 13.2 Å². The smallest absolute Gasteiger partial charge is 0.255 e. The summed E-state index contributed by atoms with van der Waals surface area (Å²) < 4.78 is 23.2. The minimum Gasteiger partial charge on any atom is -0.354 e. The number of nitrogens with zero attached hydrogens (tertiary/aromatic N) is 4. The Morgan fingerprint density at radius 1 is 1.00 bits per heavy atom. The van der Waals surface area contributed by atoms with Gasteiger partial charge in [-0.25, -0.2) is 13.4 Å². The number of piperazine rings is 1. The van der Waals surface area contributed by atoms with Gasteiger partial charge in [-0.3, -0.25) is 9.69 Å². The molecule has 4 rings (SSSR count). The standard InChI is InChI=1S/C23H30N4O3S/c1-23(2)18-26(10-11-27(23)17-19-6-4-3-5-7-19)21-9-8-20(16-24-21)22(28)25-12-14-31(29,30)15-13-25/h3-9,16H,10-15,17-18H2,1-2H3. The Morgan fingerprint density at radius 2 is 1.71 bits per heavy atom. The van der Waals surface area contributed by atoms with E-state index in [-0.39, 0.29) is 36.0 Å². The molecule has 7 nitrogen and oxygen atoms in total. The summed E-state index contributed by atoms with van der Waals surface area (Å²) in [5, 5.41) is 0. The number of rotatable bonds is 4. The molecule has 2 fully saturated rings. The topological polar surface area (TPSA) is 73.8 Å². The Kier molecular flexibility index (Phi) is 6.03. The van der Waals surface area contributed by atoms with Gasteiger partial charge in [0.2, 0.25) is 0 Å². The van der Waals surface area contributed by atoms with E-state index in [0.717, 1.165) is 32.0 Å². The second-order valence-electron chi connectivity index (χ2n) is 8.99. The van der Waals surface area contributed by atoms with Gasteiger partial charge >= 0.3 is 0 Å². The fraction of sp³-hybridized carbons (Fsp3) is 0.478. The van der Waals surface area contributed by atoms with E-state index < -0.39 is 9.84 Å². The number of pyridine rings is 1. The zero-order valence-electron chi connectivity index (χ0n) is 18.2. The van der Waals surface area contributed by atoms with E-state index in [9.17, 15) is 13.2 Å². The summed E-state index contributed by atoms with van der Waals surface area (Å²) in [6.07, 6.45) is 1.62. The largest absolute Gasteiger partial charge is 0.354 e. The molecule has 2 aliphatic heterocycles. The molecule has 0 radical (unpaired) electrons. The molecule has 1 aromatic carbocycles. The van der Waals surface area contributed by atoms with E-state index in [1.165, 1.54) is 5.56 Å². The molecule has 0 bridgehead atoms. The van der Waals surface area contributed by atoms with Gasteiger partial charge in [-0.1, -0.05) is 30.3 Å². The average Bonchev–Trinajstić information content (AvgIpc) is 2.75. The normalized spacial score (nSPS) is 21.1. The van der Waals surface area contributed by atoms with Gasteiger partial charge < -0.3 is 9.80 Å². The van der Waals surface area contributed by atoms with Gasteiger partial charge in [0.1, 0.15) is 5.82 Å². The first kappa shape index (κ1) is 21.8. The molecule has 0 N–H and O–H groups in total. The monoisotopic (exact) mass is 442 g/mol. The quantitative estimate of drug-likeness (QED) is 0.722. The van der Waals surface area contributed by atoms with Crippen LogP contribution in [0.15, 0.2) is 48.7 Å². The molecular formula is C23H30N4O3S. The first-order valence-electron chi connectivity index (χ1n) is 10.7. The molecule has 0 unspecified atom stereocenters. The van der Waals surface area contributed by atoms with Crippen LogP contribution in [-0.4, -0.2) is 78.9 Å². The lowest BCUT2D eigenvalue weighted by molar-refractivity contribution is 0.0769. The van der Waals surface area contributed by atoms with Gasteiger partial charge in [0.25, 0.3) is 5.91 Å². The molecule has 2 aromatic rings. The number of hydrogen-bond acceptors (Lipinski definition) is 6. The molecule has 8 heteroatoms. The van der Waals surface area contributed by atoms with Crippen molar-refractivity contribution in [3.63, 3.8) is 0 Å². The SMILES string of the molecule is CC1(C)CN(c2ccc(C(=O)N3CCS(=O)(=O)CC3)cn2)CCN1Cc1ccccc1. The second-order valence-corrected chi connectivity index (χ2v) is 11.3. The lowest BCUT2D eigenvalue weighted by Gasteiger charge is -2.47. The minimum absolute atomic E-state index is 0.0104. The van der Waals surface area contributed by atoms with Crippen molar-refractivity contribution in [1.82, 2.24) is 14.8 Å². The Balaban J connectivity index is 1.39. The first-order chi connectivity index (χ1) is 14.7. The Hall–Kier alpha value is -2.45. The van der Waals surface area contributed by atoms with Crippen LogP contribution in [0.1, 0.15) is 29.8 Å². The predicted octanol–water partition coefficient (Wildman–Crippen LogP) is 2.05. The van der Waals surface area contributed by atoms with E-state index in [0.29, 0.717) is 5.56 Å². The molecule has 3 heterocycles. The maximum Gasteiger partial charge on any atom is 0.255 e. The molecule has 166 valence electrons. The van der Waals surface area contributed by atoms with Gasteiger partial charge in [-0.2, -0.15) is 0 Å². The maximum absolute atomic E-state index is 12.7. The first-order valence-corrected chi connectivity index (χ1v) is 12.6. The van der Waals surface area contributed by atoms with E-state index in [1.54, 1.807) is 17.2 Å². The van der Waals surface area contributed by atoms with Crippen molar-refractivity contribution in [2.45, 2.75) is 25.9 Å². The Morgan fingerprint density at radius 3 is 2.32 bits per heavy atom. The third-order valence-corrected chi connectivity index (χ3v) is 7.85. The molecule has 1 aromatic heterocycles. The van der Waals surface area contributed by atoms with Crippen LogP contribution in [0.2, 0.25) is 0 Å². The van der Waals surface area contributed by atoms with Crippen LogP contribution in [-0.2, 0) is 16.4 Å². The van der Waals surface area contributed by atoms with Gasteiger partial charge in [0, 0.05) is 51.0 Å². The molecule has 2 saturated heterocycles. The highest BCUT2D eigenvalue weighted by atomic mass is 32.2. The summed E-state index contributed by atoms with van der Waals surface area (Å²) in [5.74, 6) is 0.784. The van der Waals surface area contributed by atoms with Crippen LogP contribution in [0.3, 0.4) is 0 Å². The highest BCUT2D eigenvalue weighted by Gasteiger charge is 2.34. The molecule has 2 aliphatic rings. The van der Waals surface area contributed by atoms with Crippen molar-refractivity contribution in [3.8, 4) is 0 Å². The molecule has 0 atom stereocenters. The van der Waals surface area contributed by atoms with E-state index in [2.05, 4.69) is 52.9 Å². The fourth-order valence-electron chi connectivity index (χ4n) is 4.28. The van der Waals surface area contributed by atoms with Crippen LogP contribution in [0.5, 0.6) is 0 Å². The van der Waals surface area contributed by atoms with Gasteiger partial charge in [0.05, 0.1) is 17.1 Å². The van der Waals surface area contributed by atoms with E-state index >= 15 is 0 Å². The summed E-state index contributed by atoms with van der Waals surface area (Å²) in [6, 6.07) is 14.2. The summed E-state index contributed by atoms with van der Waals surface area (Å²) in [4.78, 5) is 23.6. The Labute approximate surface area is 184 Å². The summed E-state index contributed by atoms with van der Waals surface area (Å²) in [7, 11) is -3.01. The van der Waals surface area contributed by atoms with Crippen LogP contribution >= 0.6 is 0 Å². The Bertz CT molecular complexity index is 1010. The summed E-state index contributed by atoms with van der Waals surface area (Å²) in [5.41, 5.74) is 1.81. The number of carbonyl (C=O) groups is 1. The lowest BCUT2D eigenvalue weighted by atomic mass is 9.97. The fourth-order valence-corrected chi connectivity index (χ4v) is 5.48. The van der Waals surface area contributed by atoms with Crippen molar-refractivity contribution in [2.24, 2.45) is 0 Å². The van der Waals surface area contributed by atoms with Crippen LogP contribution in [0.25, 0.3) is 0 Å². The highest BCUT2D eigenvalue weighted by Crippen LogP contribution is 2.26. The minimum atomic E-state index is -3.01. The van der Waals surface area contributed by atoms with E-state index in [1.807, 2.05) is 12.1 Å². The van der Waals surface area contributed by atoms with Crippen LogP contribution in [0.4, 0.5) is 5.82 Å². The number of aromatic nitrogens is 1. The molecule has 1 amide bonds. The van der Waals surface area contributed by atoms with Crippen LogP contribution < -0.4 is 4.90 Å². The average molecular weight is 443 g/mol. The number of anilines is 1. The number of carbonyl (C=O) groups excluding carboxylic acids is 1. The predicted molar refractivity (Wildman–Crippen MR) is 122 cm³/mol. The highest BCUT2D eigenvalue weighted by molar-refractivity contribution is 7.91.